The first-order valence-corrected chi connectivity index (χ1v) is 11.9. The first-order valence-electron chi connectivity index (χ1n) is 11.9. The summed E-state index contributed by atoms with van der Waals surface area (Å²) in [5.41, 5.74) is 0.660. The Kier molecular flexibility index (Phi) is 7.40. The summed E-state index contributed by atoms with van der Waals surface area (Å²) in [5, 5.41) is 2.96. The molecule has 8 heteroatoms. The number of anilines is 1. The molecule has 176 valence electrons. The van der Waals surface area contributed by atoms with Crippen molar-refractivity contribution in [1.29, 1.82) is 0 Å². The van der Waals surface area contributed by atoms with E-state index < -0.39 is 0 Å². The van der Waals surface area contributed by atoms with Crippen molar-refractivity contribution in [3.8, 4) is 11.5 Å². The molecule has 3 aliphatic rings. The molecule has 8 nitrogen and oxygen atoms in total. The number of benzene rings is 1. The number of hydrogen-bond donors (Lipinski definition) is 1. The standard InChI is InChI=1S/C24H36N4O4/c1-31-21-9-8-19(16-22(21)32-2)25-24(30)27-15-10-20(17-27)28(23(29)18-6-7-18)14-5-13-26-11-3-4-12-26/h8-9,16,18,20H,3-7,10-15,17H2,1-2H3,(H,25,30). The normalized spacial score (nSPS) is 20.9. The molecule has 0 bridgehead atoms. The second-order valence-corrected chi connectivity index (χ2v) is 9.10. The maximum Gasteiger partial charge on any atom is 0.321 e. The number of urea groups is 1. The van der Waals surface area contributed by atoms with Gasteiger partial charge in [-0.3, -0.25) is 4.79 Å². The van der Waals surface area contributed by atoms with E-state index in [1.807, 2.05) is 4.90 Å². The summed E-state index contributed by atoms with van der Waals surface area (Å²) in [6, 6.07) is 5.30. The zero-order valence-electron chi connectivity index (χ0n) is 19.3. The van der Waals surface area contributed by atoms with Crippen LogP contribution in [0.15, 0.2) is 18.2 Å². The average Bonchev–Trinajstić information content (AvgIpc) is 3.31. The third-order valence-electron chi connectivity index (χ3n) is 6.81. The van der Waals surface area contributed by atoms with Crippen LogP contribution in [0.1, 0.15) is 38.5 Å². The maximum atomic E-state index is 13.0. The SMILES string of the molecule is COc1ccc(NC(=O)N2CCC(N(CCCN3CCCC3)C(=O)C3CC3)C2)cc1OC. The zero-order valence-corrected chi connectivity index (χ0v) is 19.3. The zero-order chi connectivity index (χ0) is 22.5. The van der Waals surface area contributed by atoms with E-state index in [4.69, 9.17) is 9.47 Å². The molecule has 0 radical (unpaired) electrons. The lowest BCUT2D eigenvalue weighted by molar-refractivity contribution is -0.134. The van der Waals surface area contributed by atoms with Gasteiger partial charge < -0.3 is 29.5 Å². The molecule has 2 saturated heterocycles. The van der Waals surface area contributed by atoms with Gasteiger partial charge in [-0.05, 0) is 70.3 Å². The molecular formula is C24H36N4O4. The molecule has 2 heterocycles. The number of carbonyl (C=O) groups is 2. The molecule has 3 fully saturated rings. The molecule has 2 aliphatic heterocycles. The lowest BCUT2D eigenvalue weighted by Gasteiger charge is -2.30. The Hall–Kier alpha value is -2.48. The van der Waals surface area contributed by atoms with Gasteiger partial charge in [0.2, 0.25) is 5.91 Å². The Bertz CT molecular complexity index is 807. The van der Waals surface area contributed by atoms with E-state index in [0.717, 1.165) is 38.8 Å². The highest BCUT2D eigenvalue weighted by atomic mass is 16.5. The fraction of sp³-hybridized carbons (Fsp3) is 0.667. The minimum Gasteiger partial charge on any atom is -0.493 e. The van der Waals surface area contributed by atoms with Crippen LogP contribution in [0.5, 0.6) is 11.5 Å². The number of likely N-dealkylation sites (tertiary alicyclic amines) is 2. The van der Waals surface area contributed by atoms with Gasteiger partial charge in [-0.15, -0.1) is 0 Å². The molecule has 1 aromatic carbocycles. The molecule has 1 atom stereocenters. The monoisotopic (exact) mass is 444 g/mol. The molecule has 1 unspecified atom stereocenters. The highest BCUT2D eigenvalue weighted by Gasteiger charge is 2.39. The van der Waals surface area contributed by atoms with E-state index >= 15 is 0 Å². The van der Waals surface area contributed by atoms with E-state index in [1.165, 1.54) is 25.9 Å². The van der Waals surface area contributed by atoms with Gasteiger partial charge in [0.15, 0.2) is 11.5 Å². The van der Waals surface area contributed by atoms with E-state index in [9.17, 15) is 9.59 Å². The van der Waals surface area contributed by atoms with Gasteiger partial charge in [0.1, 0.15) is 0 Å². The van der Waals surface area contributed by atoms with Gasteiger partial charge >= 0.3 is 6.03 Å². The van der Waals surface area contributed by atoms with Crippen LogP contribution < -0.4 is 14.8 Å². The number of carbonyl (C=O) groups excluding carboxylic acids is 2. The predicted molar refractivity (Wildman–Crippen MR) is 123 cm³/mol. The third-order valence-corrected chi connectivity index (χ3v) is 6.81. The Morgan fingerprint density at radius 3 is 2.50 bits per heavy atom. The van der Waals surface area contributed by atoms with Gasteiger partial charge in [-0.2, -0.15) is 0 Å². The number of hydrogen-bond acceptors (Lipinski definition) is 5. The van der Waals surface area contributed by atoms with Crippen LogP contribution in [-0.4, -0.2) is 86.2 Å². The first kappa shape index (κ1) is 22.7. The summed E-state index contributed by atoms with van der Waals surface area (Å²) in [5.74, 6) is 1.69. The highest BCUT2D eigenvalue weighted by molar-refractivity contribution is 5.90. The van der Waals surface area contributed by atoms with Crippen molar-refractivity contribution in [3.63, 3.8) is 0 Å². The van der Waals surface area contributed by atoms with Gasteiger partial charge in [0, 0.05) is 37.3 Å². The second kappa shape index (κ2) is 10.4. The number of amides is 3. The van der Waals surface area contributed by atoms with Crippen LogP contribution in [0.4, 0.5) is 10.5 Å². The average molecular weight is 445 g/mol. The Morgan fingerprint density at radius 1 is 1.06 bits per heavy atom. The lowest BCUT2D eigenvalue weighted by Crippen LogP contribution is -2.45. The molecule has 3 amide bonds. The molecule has 32 heavy (non-hydrogen) atoms. The van der Waals surface area contributed by atoms with E-state index in [1.54, 1.807) is 32.4 Å². The minimum atomic E-state index is -0.143. The van der Waals surface area contributed by atoms with Gasteiger partial charge in [-0.25, -0.2) is 4.79 Å². The van der Waals surface area contributed by atoms with Gasteiger partial charge in [0.05, 0.1) is 20.3 Å². The molecule has 0 spiro atoms. The van der Waals surface area contributed by atoms with Crippen molar-refractivity contribution in [1.82, 2.24) is 14.7 Å². The van der Waals surface area contributed by atoms with Crippen LogP contribution in [0.3, 0.4) is 0 Å². The number of rotatable bonds is 9. The summed E-state index contributed by atoms with van der Waals surface area (Å²) >= 11 is 0. The lowest BCUT2D eigenvalue weighted by atomic mass is 10.1. The Balaban J connectivity index is 1.33. The van der Waals surface area contributed by atoms with E-state index in [-0.39, 0.29) is 18.0 Å². The molecule has 1 saturated carbocycles. The van der Waals surface area contributed by atoms with Crippen LogP contribution in [0.2, 0.25) is 0 Å². The summed E-state index contributed by atoms with van der Waals surface area (Å²) in [4.78, 5) is 32.3. The fourth-order valence-corrected chi connectivity index (χ4v) is 4.81. The maximum absolute atomic E-state index is 13.0. The summed E-state index contributed by atoms with van der Waals surface area (Å²) < 4.78 is 10.6. The summed E-state index contributed by atoms with van der Waals surface area (Å²) in [6.07, 6.45) is 6.44. The van der Waals surface area contributed by atoms with Crippen molar-refractivity contribution in [3.05, 3.63) is 18.2 Å². The first-order chi connectivity index (χ1) is 15.6. The van der Waals surface area contributed by atoms with Crippen LogP contribution in [0.25, 0.3) is 0 Å². The molecule has 0 aromatic heterocycles. The van der Waals surface area contributed by atoms with Crippen molar-refractivity contribution in [2.45, 2.75) is 44.6 Å². The minimum absolute atomic E-state index is 0.109. The van der Waals surface area contributed by atoms with E-state index in [0.29, 0.717) is 36.2 Å². The number of nitrogens with zero attached hydrogens (tertiary/aromatic N) is 3. The molecule has 1 aromatic rings. The number of methoxy groups -OCH3 is 2. The fourth-order valence-electron chi connectivity index (χ4n) is 4.81. The van der Waals surface area contributed by atoms with Gasteiger partial charge in [0.25, 0.3) is 0 Å². The van der Waals surface area contributed by atoms with Crippen LogP contribution >= 0.6 is 0 Å². The molecular weight excluding hydrogens is 408 g/mol. The number of ether oxygens (including phenoxy) is 2. The van der Waals surface area contributed by atoms with Crippen LogP contribution in [-0.2, 0) is 4.79 Å². The van der Waals surface area contributed by atoms with Crippen LogP contribution in [0, 0.1) is 5.92 Å². The number of nitrogens with one attached hydrogen (secondary N) is 1. The molecule has 1 aliphatic carbocycles. The molecule has 1 N–H and O–H groups in total. The highest BCUT2D eigenvalue weighted by Crippen LogP contribution is 2.33. The quantitative estimate of drug-likeness (QED) is 0.634. The van der Waals surface area contributed by atoms with Crippen molar-refractivity contribution in [2.75, 3.05) is 58.8 Å². The molecule has 4 rings (SSSR count). The van der Waals surface area contributed by atoms with E-state index in [2.05, 4.69) is 15.1 Å². The largest absolute Gasteiger partial charge is 0.493 e. The van der Waals surface area contributed by atoms with Crippen molar-refractivity contribution < 1.29 is 19.1 Å². The predicted octanol–water partition coefficient (Wildman–Crippen LogP) is 3.03. The Labute approximate surface area is 190 Å². The summed E-state index contributed by atoms with van der Waals surface area (Å²) in [6.45, 7) is 5.46. The third kappa shape index (κ3) is 5.46. The smallest absolute Gasteiger partial charge is 0.321 e. The van der Waals surface area contributed by atoms with Crippen molar-refractivity contribution >= 4 is 17.6 Å². The Morgan fingerprint density at radius 2 is 1.81 bits per heavy atom. The van der Waals surface area contributed by atoms with Gasteiger partial charge in [-0.1, -0.05) is 0 Å². The second-order valence-electron chi connectivity index (χ2n) is 9.10. The topological polar surface area (TPSA) is 74.4 Å². The van der Waals surface area contributed by atoms with Crippen molar-refractivity contribution in [2.24, 2.45) is 5.92 Å². The summed E-state index contributed by atoms with van der Waals surface area (Å²) in [7, 11) is 3.16.